The van der Waals surface area contributed by atoms with Gasteiger partial charge in [0.15, 0.2) is 11.6 Å². The van der Waals surface area contributed by atoms with Crippen LogP contribution >= 0.6 is 0 Å². The van der Waals surface area contributed by atoms with Crippen LogP contribution in [0, 0.1) is 5.82 Å². The second kappa shape index (κ2) is 7.58. The molecule has 0 aliphatic rings. The van der Waals surface area contributed by atoms with Crippen LogP contribution in [0.25, 0.3) is 17.2 Å². The van der Waals surface area contributed by atoms with Gasteiger partial charge in [-0.2, -0.15) is 0 Å². The highest BCUT2D eigenvalue weighted by Crippen LogP contribution is 2.38. The van der Waals surface area contributed by atoms with Gasteiger partial charge in [0.1, 0.15) is 0 Å². The Hall–Kier alpha value is -2.62. The van der Waals surface area contributed by atoms with E-state index in [1.807, 2.05) is 30.3 Å². The number of ether oxygens (including phenoxy) is 2. The third kappa shape index (κ3) is 3.42. The number of hydrogen-bond acceptors (Lipinski definition) is 3. The summed E-state index contributed by atoms with van der Waals surface area (Å²) in [4.78, 5) is 12.0. The molecule has 0 spiro atoms. The first-order valence-electron chi connectivity index (χ1n) is 7.48. The van der Waals surface area contributed by atoms with Crippen LogP contribution in [-0.4, -0.2) is 19.2 Å². The summed E-state index contributed by atoms with van der Waals surface area (Å²) in [6.45, 7) is 7.65. The Bertz CT molecular complexity index is 708. The van der Waals surface area contributed by atoms with Crippen LogP contribution in [0.2, 0.25) is 0 Å². The average molecular weight is 314 g/mol. The molecule has 0 N–H and O–H groups in total. The summed E-state index contributed by atoms with van der Waals surface area (Å²) >= 11 is 0. The largest absolute Gasteiger partial charge is 0.490 e. The summed E-state index contributed by atoms with van der Waals surface area (Å²) in [6, 6.07) is 10.7. The fourth-order valence-electron chi connectivity index (χ4n) is 2.35. The van der Waals surface area contributed by atoms with Gasteiger partial charge in [-0.15, -0.1) is 0 Å². The molecule has 2 aromatic carbocycles. The smallest absolute Gasteiger partial charge is 0.341 e. The monoisotopic (exact) mass is 314 g/mol. The van der Waals surface area contributed by atoms with Crippen LogP contribution < -0.4 is 4.74 Å². The lowest BCUT2D eigenvalue weighted by atomic mass is 9.95. The van der Waals surface area contributed by atoms with Gasteiger partial charge in [-0.25, -0.2) is 9.18 Å². The first-order chi connectivity index (χ1) is 11.1. The quantitative estimate of drug-likeness (QED) is 0.724. The van der Waals surface area contributed by atoms with E-state index in [4.69, 9.17) is 9.47 Å². The highest BCUT2D eigenvalue weighted by Gasteiger charge is 2.24. The molecule has 0 saturated carbocycles. The Balaban J connectivity index is 2.73. The number of halogens is 1. The van der Waals surface area contributed by atoms with Gasteiger partial charge in [0.25, 0.3) is 0 Å². The van der Waals surface area contributed by atoms with Gasteiger partial charge in [-0.1, -0.05) is 43.0 Å². The molecule has 2 rings (SSSR count). The lowest BCUT2D eigenvalue weighted by Crippen LogP contribution is -2.10. The minimum atomic E-state index is -0.714. The maximum absolute atomic E-state index is 14.8. The standard InChI is InChI=1S/C19H19FO3/c1-4-13-12-15(19(21)23-6-3)17(20)18(22-5-2)16(13)14-10-8-7-9-11-14/h4,7-12H,1,5-6H2,2-3H3. The summed E-state index contributed by atoms with van der Waals surface area (Å²) in [6.07, 6.45) is 1.58. The highest BCUT2D eigenvalue weighted by molar-refractivity contribution is 5.94. The van der Waals surface area contributed by atoms with E-state index in [2.05, 4.69) is 6.58 Å². The lowest BCUT2D eigenvalue weighted by Gasteiger charge is -2.17. The number of esters is 1. The van der Waals surface area contributed by atoms with Gasteiger partial charge in [-0.3, -0.25) is 0 Å². The van der Waals surface area contributed by atoms with E-state index in [0.29, 0.717) is 11.1 Å². The van der Waals surface area contributed by atoms with Gasteiger partial charge in [-0.05, 0) is 31.0 Å². The van der Waals surface area contributed by atoms with E-state index in [9.17, 15) is 9.18 Å². The molecule has 0 unspecified atom stereocenters. The predicted molar refractivity (Wildman–Crippen MR) is 89.1 cm³/mol. The molecule has 3 nitrogen and oxygen atoms in total. The van der Waals surface area contributed by atoms with Crippen LogP contribution in [0.4, 0.5) is 4.39 Å². The van der Waals surface area contributed by atoms with Crippen molar-refractivity contribution in [2.24, 2.45) is 0 Å². The number of benzene rings is 2. The summed E-state index contributed by atoms with van der Waals surface area (Å²) < 4.78 is 25.3. The Morgan fingerprint density at radius 3 is 2.48 bits per heavy atom. The van der Waals surface area contributed by atoms with Crippen molar-refractivity contribution >= 4 is 12.0 Å². The minimum absolute atomic E-state index is 0.0409. The van der Waals surface area contributed by atoms with Crippen LogP contribution in [0.3, 0.4) is 0 Å². The second-order valence-electron chi connectivity index (χ2n) is 4.76. The van der Waals surface area contributed by atoms with Gasteiger partial charge in [0.2, 0.25) is 0 Å². The molecule has 2 aromatic rings. The number of carbonyl (C=O) groups excluding carboxylic acids is 1. The van der Waals surface area contributed by atoms with Crippen LogP contribution in [0.1, 0.15) is 29.8 Å². The molecule has 0 aliphatic carbocycles. The van der Waals surface area contributed by atoms with Crippen molar-refractivity contribution in [2.75, 3.05) is 13.2 Å². The SMILES string of the molecule is C=Cc1cc(C(=O)OCC)c(F)c(OCC)c1-c1ccccc1. The third-order valence-corrected chi connectivity index (χ3v) is 3.32. The zero-order chi connectivity index (χ0) is 16.8. The summed E-state index contributed by atoms with van der Waals surface area (Å²) in [5.74, 6) is -1.39. The maximum Gasteiger partial charge on any atom is 0.341 e. The zero-order valence-electron chi connectivity index (χ0n) is 13.3. The molecule has 23 heavy (non-hydrogen) atoms. The third-order valence-electron chi connectivity index (χ3n) is 3.32. The topological polar surface area (TPSA) is 35.5 Å². The van der Waals surface area contributed by atoms with Gasteiger partial charge in [0, 0.05) is 5.56 Å². The molecule has 0 aliphatic heterocycles. The molecule has 0 bridgehead atoms. The number of carbonyl (C=O) groups is 1. The van der Waals surface area contributed by atoms with Gasteiger partial charge in [0.05, 0.1) is 18.8 Å². The fourth-order valence-corrected chi connectivity index (χ4v) is 2.35. The molecule has 0 atom stereocenters. The van der Waals surface area contributed by atoms with E-state index in [1.165, 1.54) is 6.07 Å². The zero-order valence-corrected chi connectivity index (χ0v) is 13.3. The maximum atomic E-state index is 14.8. The molecule has 0 fully saturated rings. The van der Waals surface area contributed by atoms with Gasteiger partial charge >= 0.3 is 5.97 Å². The van der Waals surface area contributed by atoms with Crippen molar-refractivity contribution in [1.82, 2.24) is 0 Å². The fraction of sp³-hybridized carbons (Fsp3) is 0.211. The Morgan fingerprint density at radius 1 is 1.22 bits per heavy atom. The first kappa shape index (κ1) is 16.7. The predicted octanol–water partition coefficient (Wildman–Crippen LogP) is 4.71. The molecule has 0 aromatic heterocycles. The van der Waals surface area contributed by atoms with E-state index < -0.39 is 11.8 Å². The van der Waals surface area contributed by atoms with E-state index >= 15 is 0 Å². The van der Waals surface area contributed by atoms with E-state index in [-0.39, 0.29) is 24.5 Å². The van der Waals surface area contributed by atoms with E-state index in [1.54, 1.807) is 19.9 Å². The normalized spacial score (nSPS) is 10.2. The summed E-state index contributed by atoms with van der Waals surface area (Å²) in [5, 5.41) is 0. The second-order valence-corrected chi connectivity index (χ2v) is 4.76. The average Bonchev–Trinajstić information content (AvgIpc) is 2.57. The highest BCUT2D eigenvalue weighted by atomic mass is 19.1. The van der Waals surface area contributed by atoms with Crippen molar-refractivity contribution < 1.29 is 18.7 Å². The first-order valence-corrected chi connectivity index (χ1v) is 7.48. The molecular formula is C19H19FO3. The molecule has 4 heteroatoms. The summed E-state index contributed by atoms with van der Waals surface area (Å²) in [7, 11) is 0. The number of hydrogen-bond donors (Lipinski definition) is 0. The van der Waals surface area contributed by atoms with Crippen LogP contribution in [0.5, 0.6) is 5.75 Å². The molecular weight excluding hydrogens is 295 g/mol. The Labute approximate surface area is 135 Å². The van der Waals surface area contributed by atoms with Crippen LogP contribution in [0.15, 0.2) is 43.0 Å². The van der Waals surface area contributed by atoms with Crippen molar-refractivity contribution in [2.45, 2.75) is 13.8 Å². The van der Waals surface area contributed by atoms with Crippen LogP contribution in [-0.2, 0) is 4.74 Å². The summed E-state index contributed by atoms with van der Waals surface area (Å²) in [5.41, 5.74) is 1.84. The Kier molecular flexibility index (Phi) is 5.52. The molecule has 120 valence electrons. The lowest BCUT2D eigenvalue weighted by molar-refractivity contribution is 0.0520. The molecule has 0 amide bonds. The van der Waals surface area contributed by atoms with Crippen molar-refractivity contribution in [3.63, 3.8) is 0 Å². The number of rotatable bonds is 6. The minimum Gasteiger partial charge on any atom is -0.490 e. The van der Waals surface area contributed by atoms with Gasteiger partial charge < -0.3 is 9.47 Å². The van der Waals surface area contributed by atoms with E-state index in [0.717, 1.165) is 5.56 Å². The molecule has 0 saturated heterocycles. The molecule has 0 heterocycles. The molecule has 0 radical (unpaired) electrons. The van der Waals surface area contributed by atoms with Crippen molar-refractivity contribution in [3.8, 4) is 16.9 Å². The van der Waals surface area contributed by atoms with Crippen molar-refractivity contribution in [3.05, 3.63) is 59.9 Å². The van der Waals surface area contributed by atoms with Crippen molar-refractivity contribution in [1.29, 1.82) is 0 Å². The Morgan fingerprint density at radius 2 is 1.91 bits per heavy atom.